The molecule has 1 aromatic heterocycles. The molecule has 0 unspecified atom stereocenters. The Hall–Kier alpha value is -2.97. The predicted octanol–water partition coefficient (Wildman–Crippen LogP) is 3.93. The summed E-state index contributed by atoms with van der Waals surface area (Å²) in [5.74, 6) is -0.0917. The molecule has 1 fully saturated rings. The van der Waals surface area contributed by atoms with Crippen LogP contribution in [0.5, 0.6) is 0 Å². The molecule has 1 aliphatic rings. The van der Waals surface area contributed by atoms with Crippen LogP contribution in [0.2, 0.25) is 0 Å². The molecule has 0 aliphatic carbocycles. The Morgan fingerprint density at radius 1 is 0.941 bits per heavy atom. The quantitative estimate of drug-likeness (QED) is 0.567. The number of rotatable bonds is 4. The number of sulfonamides is 1. The fourth-order valence-electron chi connectivity index (χ4n) is 4.41. The van der Waals surface area contributed by atoms with Gasteiger partial charge in [0.15, 0.2) is 0 Å². The molecular weight excluding hydrogens is 448 g/mol. The Bertz CT molecular complexity index is 1260. The van der Waals surface area contributed by atoms with Gasteiger partial charge in [-0.05, 0) is 66.3 Å². The van der Waals surface area contributed by atoms with E-state index in [1.807, 2.05) is 50.4 Å². The van der Waals surface area contributed by atoms with Crippen molar-refractivity contribution in [3.8, 4) is 5.69 Å². The number of piperazine rings is 1. The summed E-state index contributed by atoms with van der Waals surface area (Å²) in [5.41, 5.74) is 4.05. The van der Waals surface area contributed by atoms with Gasteiger partial charge in [-0.25, -0.2) is 13.1 Å². The first kappa shape index (κ1) is 24.2. The minimum atomic E-state index is -3.64. The van der Waals surface area contributed by atoms with E-state index in [1.165, 1.54) is 4.31 Å². The maximum Gasteiger partial charge on any atom is 0.253 e. The number of hydrogen-bond donors (Lipinski definition) is 0. The number of carbonyl (C=O) groups is 1. The van der Waals surface area contributed by atoms with Gasteiger partial charge in [0.1, 0.15) is 0 Å². The van der Waals surface area contributed by atoms with Crippen LogP contribution in [0.4, 0.5) is 0 Å². The predicted molar refractivity (Wildman–Crippen MR) is 133 cm³/mol. The van der Waals surface area contributed by atoms with Gasteiger partial charge in [-0.3, -0.25) is 4.79 Å². The van der Waals surface area contributed by atoms with Crippen molar-refractivity contribution in [1.29, 1.82) is 0 Å². The van der Waals surface area contributed by atoms with E-state index in [0.29, 0.717) is 23.5 Å². The van der Waals surface area contributed by atoms with Crippen LogP contribution in [0.15, 0.2) is 59.8 Å². The zero-order chi connectivity index (χ0) is 24.7. The number of carbonyl (C=O) groups excluding carboxylic acids is 1. The third-order valence-corrected chi connectivity index (χ3v) is 8.54. The van der Waals surface area contributed by atoms with Crippen LogP contribution < -0.4 is 0 Å². The number of aromatic nitrogens is 2. The molecule has 0 bridgehead atoms. The first-order valence-corrected chi connectivity index (χ1v) is 12.9. The summed E-state index contributed by atoms with van der Waals surface area (Å²) in [5, 5.41) is 4.19. The normalized spacial score (nSPS) is 15.5. The number of hydrogen-bond acceptors (Lipinski definition) is 4. The lowest BCUT2D eigenvalue weighted by Crippen LogP contribution is -2.50. The van der Waals surface area contributed by atoms with E-state index < -0.39 is 10.0 Å². The number of amides is 1. The highest BCUT2D eigenvalue weighted by Gasteiger charge is 2.33. The largest absolute Gasteiger partial charge is 0.336 e. The summed E-state index contributed by atoms with van der Waals surface area (Å²) in [4.78, 5) is 15.1. The fraction of sp³-hybridized carbons (Fsp3) is 0.385. The van der Waals surface area contributed by atoms with Crippen LogP contribution in [0.1, 0.15) is 47.8 Å². The molecule has 1 aliphatic heterocycles. The second kappa shape index (κ2) is 9.00. The van der Waals surface area contributed by atoms with Crippen molar-refractivity contribution in [3.63, 3.8) is 0 Å². The van der Waals surface area contributed by atoms with Gasteiger partial charge in [-0.15, -0.1) is 0 Å². The van der Waals surface area contributed by atoms with E-state index in [1.54, 1.807) is 27.9 Å². The first-order valence-electron chi connectivity index (χ1n) is 11.5. The second-order valence-corrected chi connectivity index (χ2v) is 11.8. The van der Waals surface area contributed by atoms with Gasteiger partial charge in [-0.1, -0.05) is 32.9 Å². The van der Waals surface area contributed by atoms with Crippen LogP contribution in [-0.2, 0) is 15.4 Å². The topological polar surface area (TPSA) is 75.5 Å². The van der Waals surface area contributed by atoms with Crippen LogP contribution in [0.25, 0.3) is 5.69 Å². The van der Waals surface area contributed by atoms with Crippen molar-refractivity contribution in [1.82, 2.24) is 19.0 Å². The Morgan fingerprint density at radius 2 is 1.53 bits per heavy atom. The summed E-state index contributed by atoms with van der Waals surface area (Å²) in [6.07, 6.45) is 3.55. The minimum Gasteiger partial charge on any atom is -0.336 e. The monoisotopic (exact) mass is 480 g/mol. The molecule has 3 aromatic rings. The van der Waals surface area contributed by atoms with Crippen molar-refractivity contribution >= 4 is 15.9 Å². The summed E-state index contributed by atoms with van der Waals surface area (Å²) < 4.78 is 30.2. The SMILES string of the molecule is Cc1cc(C(C)(C)C)cc(C)c1S(=O)(=O)N1CCN(C(=O)c2ccc(-n3cccn3)cc2)CC1. The molecule has 0 saturated carbocycles. The fourth-order valence-corrected chi connectivity index (χ4v) is 6.25. The zero-order valence-electron chi connectivity index (χ0n) is 20.4. The van der Waals surface area contributed by atoms with Crippen molar-refractivity contribution in [3.05, 3.63) is 77.1 Å². The third-order valence-electron chi connectivity index (χ3n) is 6.33. The average molecular weight is 481 g/mol. The van der Waals surface area contributed by atoms with Gasteiger partial charge < -0.3 is 4.90 Å². The van der Waals surface area contributed by atoms with Crippen LogP contribution in [0.3, 0.4) is 0 Å². The Balaban J connectivity index is 1.46. The number of aryl methyl sites for hydroxylation is 2. The standard InChI is InChI=1S/C26H32N4O3S/c1-19-17-22(26(3,4)5)18-20(2)24(19)34(32,33)29-15-13-28(14-16-29)25(31)21-7-9-23(10-8-21)30-12-6-11-27-30/h6-12,17-18H,13-16H2,1-5H3. The van der Waals surface area contributed by atoms with E-state index in [2.05, 4.69) is 25.9 Å². The molecular formula is C26H32N4O3S. The highest BCUT2D eigenvalue weighted by Crippen LogP contribution is 2.31. The van der Waals surface area contributed by atoms with Gasteiger partial charge in [0, 0.05) is 44.1 Å². The molecule has 0 N–H and O–H groups in total. The maximum absolute atomic E-state index is 13.5. The van der Waals surface area contributed by atoms with Crippen molar-refractivity contribution in [2.45, 2.75) is 44.9 Å². The molecule has 0 spiro atoms. The molecule has 2 aromatic carbocycles. The van der Waals surface area contributed by atoms with Gasteiger partial charge in [-0.2, -0.15) is 9.40 Å². The molecule has 0 radical (unpaired) electrons. The molecule has 7 nitrogen and oxygen atoms in total. The molecule has 8 heteroatoms. The molecule has 34 heavy (non-hydrogen) atoms. The van der Waals surface area contributed by atoms with Crippen molar-refractivity contribution < 1.29 is 13.2 Å². The van der Waals surface area contributed by atoms with E-state index in [-0.39, 0.29) is 24.4 Å². The highest BCUT2D eigenvalue weighted by molar-refractivity contribution is 7.89. The van der Waals surface area contributed by atoms with Crippen LogP contribution in [-0.4, -0.2) is 59.5 Å². The molecule has 1 saturated heterocycles. The Labute approximate surface area is 202 Å². The number of benzene rings is 2. The lowest BCUT2D eigenvalue weighted by molar-refractivity contribution is 0.0698. The van der Waals surface area contributed by atoms with Gasteiger partial charge >= 0.3 is 0 Å². The van der Waals surface area contributed by atoms with Crippen molar-refractivity contribution in [2.24, 2.45) is 0 Å². The molecule has 180 valence electrons. The molecule has 2 heterocycles. The van der Waals surface area contributed by atoms with E-state index in [9.17, 15) is 13.2 Å². The molecule has 1 amide bonds. The molecule has 4 rings (SSSR count). The Morgan fingerprint density at radius 3 is 2.03 bits per heavy atom. The van der Waals surface area contributed by atoms with E-state index >= 15 is 0 Å². The van der Waals surface area contributed by atoms with Gasteiger partial charge in [0.2, 0.25) is 10.0 Å². The number of nitrogens with zero attached hydrogens (tertiary/aromatic N) is 4. The Kier molecular flexibility index (Phi) is 6.40. The average Bonchev–Trinajstić information content (AvgIpc) is 3.32. The second-order valence-electron chi connectivity index (χ2n) is 9.88. The maximum atomic E-state index is 13.5. The third kappa shape index (κ3) is 4.65. The minimum absolute atomic E-state index is 0.0552. The van der Waals surface area contributed by atoms with Crippen LogP contribution >= 0.6 is 0 Å². The summed E-state index contributed by atoms with van der Waals surface area (Å²) >= 11 is 0. The molecule has 0 atom stereocenters. The lowest BCUT2D eigenvalue weighted by Gasteiger charge is -2.35. The van der Waals surface area contributed by atoms with E-state index in [4.69, 9.17) is 0 Å². The van der Waals surface area contributed by atoms with Gasteiger partial charge in [0.25, 0.3) is 5.91 Å². The van der Waals surface area contributed by atoms with Crippen molar-refractivity contribution in [2.75, 3.05) is 26.2 Å². The summed E-state index contributed by atoms with van der Waals surface area (Å²) in [6, 6.07) is 13.1. The summed E-state index contributed by atoms with van der Waals surface area (Å²) in [7, 11) is -3.64. The first-order chi connectivity index (χ1) is 16.0. The van der Waals surface area contributed by atoms with E-state index in [0.717, 1.165) is 22.4 Å². The van der Waals surface area contributed by atoms with Gasteiger partial charge in [0.05, 0.1) is 10.6 Å². The highest BCUT2D eigenvalue weighted by atomic mass is 32.2. The summed E-state index contributed by atoms with van der Waals surface area (Å²) in [6.45, 7) is 11.4. The zero-order valence-corrected chi connectivity index (χ0v) is 21.3. The van der Waals surface area contributed by atoms with Crippen LogP contribution in [0, 0.1) is 13.8 Å². The smallest absolute Gasteiger partial charge is 0.253 e. The lowest BCUT2D eigenvalue weighted by atomic mass is 9.85.